The van der Waals surface area contributed by atoms with Crippen molar-refractivity contribution in [3.63, 3.8) is 0 Å². The molecule has 0 aromatic rings. The first-order valence-corrected chi connectivity index (χ1v) is 5.05. The number of aliphatic hydroxyl groups excluding tert-OH is 3. The molecule has 0 spiro atoms. The zero-order chi connectivity index (χ0) is 12.4. The number of rotatable bonds is 10. The van der Waals surface area contributed by atoms with Crippen molar-refractivity contribution < 1.29 is 24.8 Å². The summed E-state index contributed by atoms with van der Waals surface area (Å²) in [6.45, 7) is 7.10. The third kappa shape index (κ3) is 5.99. The van der Waals surface area contributed by atoms with Crippen molar-refractivity contribution in [3.05, 3.63) is 25.3 Å². The smallest absolute Gasteiger partial charge is 0.111 e. The Hall–Kier alpha value is -0.720. The molecule has 16 heavy (non-hydrogen) atoms. The van der Waals surface area contributed by atoms with E-state index in [1.165, 1.54) is 6.08 Å². The first-order chi connectivity index (χ1) is 7.67. The van der Waals surface area contributed by atoms with Crippen molar-refractivity contribution in [3.8, 4) is 0 Å². The maximum atomic E-state index is 9.63. The van der Waals surface area contributed by atoms with E-state index in [2.05, 4.69) is 13.2 Å². The second-order valence-electron chi connectivity index (χ2n) is 3.23. The molecule has 0 saturated heterocycles. The summed E-state index contributed by atoms with van der Waals surface area (Å²) < 4.78 is 10.4. The van der Waals surface area contributed by atoms with Gasteiger partial charge in [0, 0.05) is 0 Å². The minimum Gasteiger partial charge on any atom is -0.394 e. The molecular weight excluding hydrogens is 212 g/mol. The molecule has 3 N–H and O–H groups in total. The van der Waals surface area contributed by atoms with Gasteiger partial charge in [0.15, 0.2) is 0 Å². The molecule has 0 heterocycles. The highest BCUT2D eigenvalue weighted by Gasteiger charge is 2.26. The first kappa shape index (κ1) is 15.3. The Balaban J connectivity index is 4.15. The molecule has 0 bridgehead atoms. The summed E-state index contributed by atoms with van der Waals surface area (Å²) in [5.41, 5.74) is 0. The lowest BCUT2D eigenvalue weighted by Crippen LogP contribution is -2.43. The zero-order valence-corrected chi connectivity index (χ0v) is 9.29. The molecule has 0 aromatic carbocycles. The summed E-state index contributed by atoms with van der Waals surface area (Å²) >= 11 is 0. The van der Waals surface area contributed by atoms with Crippen LogP contribution in [0.2, 0.25) is 0 Å². The second-order valence-corrected chi connectivity index (χ2v) is 3.23. The van der Waals surface area contributed by atoms with Crippen LogP contribution in [-0.4, -0.2) is 60.1 Å². The number of ether oxygens (including phenoxy) is 2. The molecule has 0 radical (unpaired) electrons. The summed E-state index contributed by atoms with van der Waals surface area (Å²) in [6, 6.07) is 0. The number of hydrogen-bond acceptors (Lipinski definition) is 5. The molecule has 0 aliphatic heterocycles. The van der Waals surface area contributed by atoms with E-state index in [4.69, 9.17) is 14.6 Å². The van der Waals surface area contributed by atoms with Crippen LogP contribution in [0.15, 0.2) is 25.3 Å². The molecule has 0 amide bonds. The molecule has 0 unspecified atom stereocenters. The summed E-state index contributed by atoms with van der Waals surface area (Å²) in [5.74, 6) is 0. The van der Waals surface area contributed by atoms with Crippen molar-refractivity contribution in [2.24, 2.45) is 0 Å². The minimum atomic E-state index is -1.25. The number of hydrogen-bond donors (Lipinski definition) is 3. The van der Waals surface area contributed by atoms with Crippen LogP contribution in [0.25, 0.3) is 0 Å². The average Bonchev–Trinajstić information content (AvgIpc) is 2.31. The van der Waals surface area contributed by atoms with E-state index in [-0.39, 0.29) is 13.2 Å². The summed E-state index contributed by atoms with van der Waals surface area (Å²) in [7, 11) is 0. The van der Waals surface area contributed by atoms with Crippen molar-refractivity contribution >= 4 is 0 Å². The van der Waals surface area contributed by atoms with E-state index >= 15 is 0 Å². The quantitative estimate of drug-likeness (QED) is 0.349. The fourth-order valence-electron chi connectivity index (χ4n) is 1.06. The SMILES string of the molecule is C=CCOC[C@H](OCC=C)[C@@H](O)[C@H](O)CO. The standard InChI is InChI=1S/C11H20O5/c1-3-5-15-8-10(16-6-4-2)11(14)9(13)7-12/h3-4,9-14H,1-2,5-8H2/t9-,10+,11+/m1/s1. The molecule has 0 rings (SSSR count). The van der Waals surface area contributed by atoms with Crippen LogP contribution >= 0.6 is 0 Å². The summed E-state index contributed by atoms with van der Waals surface area (Å²) in [4.78, 5) is 0. The van der Waals surface area contributed by atoms with E-state index in [1.807, 2.05) is 0 Å². The minimum absolute atomic E-state index is 0.109. The largest absolute Gasteiger partial charge is 0.394 e. The van der Waals surface area contributed by atoms with Gasteiger partial charge in [0.25, 0.3) is 0 Å². The van der Waals surface area contributed by atoms with Crippen LogP contribution in [0, 0.1) is 0 Å². The Kier molecular flexibility index (Phi) is 9.07. The van der Waals surface area contributed by atoms with Gasteiger partial charge in [0.2, 0.25) is 0 Å². The normalized spacial score (nSPS) is 16.4. The third-order valence-electron chi connectivity index (χ3n) is 1.91. The van der Waals surface area contributed by atoms with Crippen LogP contribution in [0.1, 0.15) is 0 Å². The highest BCUT2D eigenvalue weighted by Crippen LogP contribution is 2.06. The first-order valence-electron chi connectivity index (χ1n) is 5.05. The highest BCUT2D eigenvalue weighted by molar-refractivity contribution is 4.78. The summed E-state index contributed by atoms with van der Waals surface area (Å²) in [6.07, 6.45) is -0.0603. The second kappa shape index (κ2) is 9.50. The molecule has 94 valence electrons. The maximum absolute atomic E-state index is 9.63. The van der Waals surface area contributed by atoms with Gasteiger partial charge in [-0.2, -0.15) is 0 Å². The molecule has 0 aromatic heterocycles. The van der Waals surface area contributed by atoms with E-state index in [1.54, 1.807) is 6.08 Å². The summed E-state index contributed by atoms with van der Waals surface area (Å²) in [5, 5.41) is 27.6. The predicted molar refractivity (Wildman–Crippen MR) is 60.1 cm³/mol. The third-order valence-corrected chi connectivity index (χ3v) is 1.91. The van der Waals surface area contributed by atoms with Crippen molar-refractivity contribution in [1.82, 2.24) is 0 Å². The van der Waals surface area contributed by atoms with Crippen molar-refractivity contribution in [1.29, 1.82) is 0 Å². The van der Waals surface area contributed by atoms with Crippen molar-refractivity contribution in [2.45, 2.75) is 18.3 Å². The lowest BCUT2D eigenvalue weighted by Gasteiger charge is -2.25. The monoisotopic (exact) mass is 232 g/mol. The molecule has 0 aliphatic carbocycles. The average molecular weight is 232 g/mol. The van der Waals surface area contributed by atoms with E-state index in [0.29, 0.717) is 6.61 Å². The highest BCUT2D eigenvalue weighted by atomic mass is 16.5. The predicted octanol–water partition coefficient (Wildman–Crippen LogP) is -0.526. The molecule has 3 atom stereocenters. The van der Waals surface area contributed by atoms with Crippen LogP contribution in [0.5, 0.6) is 0 Å². The van der Waals surface area contributed by atoms with Crippen LogP contribution in [0.3, 0.4) is 0 Å². The topological polar surface area (TPSA) is 79.2 Å². The van der Waals surface area contributed by atoms with Gasteiger partial charge >= 0.3 is 0 Å². The fraction of sp³-hybridized carbons (Fsp3) is 0.636. The Labute approximate surface area is 95.6 Å². The van der Waals surface area contributed by atoms with E-state index in [9.17, 15) is 10.2 Å². The lowest BCUT2D eigenvalue weighted by atomic mass is 10.1. The Morgan fingerprint density at radius 1 is 1.12 bits per heavy atom. The van der Waals surface area contributed by atoms with Gasteiger partial charge in [0.1, 0.15) is 18.3 Å². The molecule has 5 nitrogen and oxygen atoms in total. The molecule has 5 heteroatoms. The fourth-order valence-corrected chi connectivity index (χ4v) is 1.06. The van der Waals surface area contributed by atoms with Crippen LogP contribution in [-0.2, 0) is 9.47 Å². The van der Waals surface area contributed by atoms with Crippen LogP contribution < -0.4 is 0 Å². The van der Waals surface area contributed by atoms with Gasteiger partial charge in [-0.1, -0.05) is 12.2 Å². The van der Waals surface area contributed by atoms with Gasteiger partial charge in [-0.3, -0.25) is 0 Å². The van der Waals surface area contributed by atoms with E-state index in [0.717, 1.165) is 0 Å². The Bertz CT molecular complexity index is 195. The number of aliphatic hydroxyl groups is 3. The van der Waals surface area contributed by atoms with Gasteiger partial charge in [0.05, 0.1) is 26.4 Å². The van der Waals surface area contributed by atoms with Gasteiger partial charge in [-0.25, -0.2) is 0 Å². The maximum Gasteiger partial charge on any atom is 0.111 e. The van der Waals surface area contributed by atoms with Gasteiger partial charge in [-0.05, 0) is 0 Å². The Morgan fingerprint density at radius 2 is 1.75 bits per heavy atom. The molecular formula is C11H20O5. The van der Waals surface area contributed by atoms with E-state index < -0.39 is 24.9 Å². The van der Waals surface area contributed by atoms with Gasteiger partial charge in [-0.15, -0.1) is 13.2 Å². The molecule has 0 fully saturated rings. The van der Waals surface area contributed by atoms with Crippen molar-refractivity contribution in [2.75, 3.05) is 26.4 Å². The molecule has 0 aliphatic rings. The Morgan fingerprint density at radius 3 is 2.25 bits per heavy atom. The van der Waals surface area contributed by atoms with Crippen LogP contribution in [0.4, 0.5) is 0 Å². The zero-order valence-electron chi connectivity index (χ0n) is 9.29. The lowest BCUT2D eigenvalue weighted by molar-refractivity contribution is -0.118. The van der Waals surface area contributed by atoms with Gasteiger partial charge < -0.3 is 24.8 Å². The molecule has 0 saturated carbocycles.